The highest BCUT2D eigenvalue weighted by molar-refractivity contribution is 5.31. The van der Waals surface area contributed by atoms with Crippen LogP contribution in [0.1, 0.15) is 18.9 Å². The number of ether oxygens (including phenoxy) is 1. The number of benzene rings is 1. The Kier molecular flexibility index (Phi) is 5.01. The fourth-order valence-electron chi connectivity index (χ4n) is 1.70. The van der Waals surface area contributed by atoms with Gasteiger partial charge in [-0.1, -0.05) is 6.92 Å². The molecular weight excluding hydrogens is 262 g/mol. The van der Waals surface area contributed by atoms with Gasteiger partial charge in [0.1, 0.15) is 11.5 Å². The van der Waals surface area contributed by atoms with Gasteiger partial charge in [-0.15, -0.1) is 0 Å². The Hall–Kier alpha value is -2.01. The van der Waals surface area contributed by atoms with E-state index >= 15 is 0 Å². The minimum absolute atomic E-state index is 0.240. The average molecular weight is 278 g/mol. The van der Waals surface area contributed by atoms with Crippen LogP contribution in [0.15, 0.2) is 36.7 Å². The first-order chi connectivity index (χ1) is 9.69. The molecule has 0 aliphatic carbocycles. The molecule has 3 nitrogen and oxygen atoms in total. The van der Waals surface area contributed by atoms with Crippen molar-refractivity contribution in [2.24, 2.45) is 0 Å². The van der Waals surface area contributed by atoms with E-state index in [1.165, 1.54) is 12.3 Å². The van der Waals surface area contributed by atoms with Crippen LogP contribution in [0.3, 0.4) is 0 Å². The van der Waals surface area contributed by atoms with Crippen LogP contribution in [0.2, 0.25) is 0 Å². The highest BCUT2D eigenvalue weighted by Crippen LogP contribution is 2.23. The lowest BCUT2D eigenvalue weighted by atomic mass is 10.2. The van der Waals surface area contributed by atoms with Gasteiger partial charge < -0.3 is 10.1 Å². The van der Waals surface area contributed by atoms with Crippen LogP contribution < -0.4 is 10.1 Å². The van der Waals surface area contributed by atoms with E-state index in [1.54, 1.807) is 6.20 Å². The molecule has 0 saturated carbocycles. The van der Waals surface area contributed by atoms with Gasteiger partial charge in [-0.2, -0.15) is 0 Å². The molecule has 0 saturated heterocycles. The van der Waals surface area contributed by atoms with Crippen molar-refractivity contribution in [3.63, 3.8) is 0 Å². The summed E-state index contributed by atoms with van der Waals surface area (Å²) in [6.07, 6.45) is 4.32. The van der Waals surface area contributed by atoms with Gasteiger partial charge in [0.15, 0.2) is 11.6 Å². The van der Waals surface area contributed by atoms with Crippen molar-refractivity contribution in [2.75, 3.05) is 6.54 Å². The molecule has 0 bridgehead atoms. The van der Waals surface area contributed by atoms with E-state index in [9.17, 15) is 8.78 Å². The Balaban J connectivity index is 2.05. The van der Waals surface area contributed by atoms with Gasteiger partial charge in [0.25, 0.3) is 0 Å². The normalized spacial score (nSPS) is 10.6. The SMILES string of the molecule is CCCNCc1cncc(Oc2ccc(F)c(F)c2)c1. The number of pyridine rings is 1. The molecule has 0 unspecified atom stereocenters. The third-order valence-corrected chi connectivity index (χ3v) is 2.65. The zero-order valence-corrected chi connectivity index (χ0v) is 11.2. The lowest BCUT2D eigenvalue weighted by Gasteiger charge is -2.08. The Bertz CT molecular complexity index is 576. The van der Waals surface area contributed by atoms with E-state index in [1.807, 2.05) is 6.07 Å². The first-order valence-electron chi connectivity index (χ1n) is 6.46. The van der Waals surface area contributed by atoms with Crippen LogP contribution in [-0.4, -0.2) is 11.5 Å². The minimum Gasteiger partial charge on any atom is -0.456 e. The van der Waals surface area contributed by atoms with Gasteiger partial charge in [0, 0.05) is 18.8 Å². The molecule has 2 rings (SSSR count). The molecular formula is C15H16F2N2O. The number of hydrogen-bond acceptors (Lipinski definition) is 3. The van der Waals surface area contributed by atoms with Crippen molar-refractivity contribution < 1.29 is 13.5 Å². The van der Waals surface area contributed by atoms with Gasteiger partial charge >= 0.3 is 0 Å². The molecule has 20 heavy (non-hydrogen) atoms. The third-order valence-electron chi connectivity index (χ3n) is 2.65. The Labute approximate surface area is 116 Å². The minimum atomic E-state index is -0.934. The quantitative estimate of drug-likeness (QED) is 0.819. The van der Waals surface area contributed by atoms with Crippen molar-refractivity contribution in [3.8, 4) is 11.5 Å². The number of halogens is 2. The summed E-state index contributed by atoms with van der Waals surface area (Å²) in [5.41, 5.74) is 0.971. The van der Waals surface area contributed by atoms with E-state index in [-0.39, 0.29) is 5.75 Å². The second kappa shape index (κ2) is 6.96. The van der Waals surface area contributed by atoms with Crippen LogP contribution in [-0.2, 0) is 6.54 Å². The van der Waals surface area contributed by atoms with Crippen LogP contribution in [0.4, 0.5) is 8.78 Å². The Morgan fingerprint density at radius 3 is 2.70 bits per heavy atom. The van der Waals surface area contributed by atoms with E-state index in [4.69, 9.17) is 4.74 Å². The van der Waals surface area contributed by atoms with Gasteiger partial charge in [0.05, 0.1) is 6.20 Å². The molecule has 0 amide bonds. The summed E-state index contributed by atoms with van der Waals surface area (Å²) in [6.45, 7) is 3.71. The van der Waals surface area contributed by atoms with E-state index < -0.39 is 11.6 Å². The summed E-state index contributed by atoms with van der Waals surface area (Å²) >= 11 is 0. The highest BCUT2D eigenvalue weighted by Gasteiger charge is 2.05. The maximum Gasteiger partial charge on any atom is 0.162 e. The monoisotopic (exact) mass is 278 g/mol. The molecule has 0 spiro atoms. The molecule has 0 aliphatic heterocycles. The molecule has 5 heteroatoms. The van der Waals surface area contributed by atoms with Gasteiger partial charge in [0.2, 0.25) is 0 Å². The Morgan fingerprint density at radius 1 is 1.10 bits per heavy atom. The Morgan fingerprint density at radius 2 is 1.95 bits per heavy atom. The number of hydrogen-bond donors (Lipinski definition) is 1. The molecule has 0 fully saturated rings. The predicted molar refractivity (Wildman–Crippen MR) is 72.7 cm³/mol. The fraction of sp³-hybridized carbons (Fsp3) is 0.267. The van der Waals surface area contributed by atoms with E-state index in [2.05, 4.69) is 17.2 Å². The first kappa shape index (κ1) is 14.4. The van der Waals surface area contributed by atoms with Crippen molar-refractivity contribution in [1.29, 1.82) is 0 Å². The second-order valence-electron chi connectivity index (χ2n) is 4.38. The smallest absolute Gasteiger partial charge is 0.162 e. The van der Waals surface area contributed by atoms with E-state index in [0.717, 1.165) is 30.7 Å². The predicted octanol–water partition coefficient (Wildman–Crippen LogP) is 3.65. The summed E-state index contributed by atoms with van der Waals surface area (Å²) in [5, 5.41) is 3.25. The van der Waals surface area contributed by atoms with Crippen molar-refractivity contribution in [2.45, 2.75) is 19.9 Å². The van der Waals surface area contributed by atoms with Crippen LogP contribution in [0, 0.1) is 11.6 Å². The highest BCUT2D eigenvalue weighted by atomic mass is 19.2. The molecule has 0 atom stereocenters. The molecule has 1 aromatic heterocycles. The lowest BCUT2D eigenvalue weighted by Crippen LogP contribution is -2.13. The van der Waals surface area contributed by atoms with Gasteiger partial charge in [-0.05, 0) is 36.7 Å². The summed E-state index contributed by atoms with van der Waals surface area (Å²) in [6, 6.07) is 5.24. The zero-order valence-electron chi connectivity index (χ0n) is 11.2. The molecule has 1 heterocycles. The molecule has 1 aromatic carbocycles. The lowest BCUT2D eigenvalue weighted by molar-refractivity contribution is 0.459. The summed E-state index contributed by atoms with van der Waals surface area (Å²) in [5.74, 6) is -1.10. The molecule has 1 N–H and O–H groups in total. The van der Waals surface area contributed by atoms with Crippen LogP contribution >= 0.6 is 0 Å². The van der Waals surface area contributed by atoms with Crippen molar-refractivity contribution in [3.05, 3.63) is 53.9 Å². The number of aromatic nitrogens is 1. The molecule has 2 aromatic rings. The largest absolute Gasteiger partial charge is 0.456 e. The summed E-state index contributed by atoms with van der Waals surface area (Å²) in [4.78, 5) is 4.07. The number of rotatable bonds is 6. The topological polar surface area (TPSA) is 34.2 Å². The average Bonchev–Trinajstić information content (AvgIpc) is 2.44. The molecule has 0 aliphatic rings. The van der Waals surface area contributed by atoms with Crippen molar-refractivity contribution >= 4 is 0 Å². The van der Waals surface area contributed by atoms with Crippen LogP contribution in [0.25, 0.3) is 0 Å². The summed E-state index contributed by atoms with van der Waals surface area (Å²) < 4.78 is 31.4. The van der Waals surface area contributed by atoms with Crippen LogP contribution in [0.5, 0.6) is 11.5 Å². The zero-order chi connectivity index (χ0) is 14.4. The second-order valence-corrected chi connectivity index (χ2v) is 4.38. The fourth-order valence-corrected chi connectivity index (χ4v) is 1.70. The maximum atomic E-state index is 13.1. The van der Waals surface area contributed by atoms with Gasteiger partial charge in [-0.25, -0.2) is 8.78 Å². The van der Waals surface area contributed by atoms with Gasteiger partial charge in [-0.3, -0.25) is 4.98 Å². The van der Waals surface area contributed by atoms with E-state index in [0.29, 0.717) is 12.3 Å². The first-order valence-corrected chi connectivity index (χ1v) is 6.46. The maximum absolute atomic E-state index is 13.1. The number of nitrogens with one attached hydrogen (secondary N) is 1. The summed E-state index contributed by atoms with van der Waals surface area (Å²) in [7, 11) is 0. The third kappa shape index (κ3) is 3.99. The number of nitrogens with zero attached hydrogens (tertiary/aromatic N) is 1. The molecule has 0 radical (unpaired) electrons. The van der Waals surface area contributed by atoms with Crippen molar-refractivity contribution in [1.82, 2.24) is 10.3 Å². The molecule has 106 valence electrons. The standard InChI is InChI=1S/C15H16F2N2O/c1-2-5-18-8-11-6-13(10-19-9-11)20-12-3-4-14(16)15(17)7-12/h3-4,6-7,9-10,18H,2,5,8H2,1H3.